The molecule has 1 aromatic carbocycles. The quantitative estimate of drug-likeness (QED) is 0.906. The molecule has 0 radical (unpaired) electrons. The van der Waals surface area contributed by atoms with Gasteiger partial charge in [-0.3, -0.25) is 10.1 Å². The number of carbonyl (C=O) groups excluding carboxylic acids is 1. The van der Waals surface area contributed by atoms with E-state index in [-0.39, 0.29) is 18.0 Å². The van der Waals surface area contributed by atoms with Crippen LogP contribution in [0.15, 0.2) is 28.7 Å². The van der Waals surface area contributed by atoms with Crippen LogP contribution in [0, 0.1) is 0 Å². The van der Waals surface area contributed by atoms with E-state index in [1.165, 1.54) is 0 Å². The van der Waals surface area contributed by atoms with Crippen LogP contribution in [0.2, 0.25) is 0 Å². The van der Waals surface area contributed by atoms with Gasteiger partial charge >= 0.3 is 0 Å². The Morgan fingerprint density at radius 1 is 1.48 bits per heavy atom. The number of nitrogens with one attached hydrogen (secondary N) is 2. The van der Waals surface area contributed by atoms with Gasteiger partial charge in [0.25, 0.3) is 0 Å². The molecule has 0 saturated carbocycles. The highest BCUT2D eigenvalue weighted by Crippen LogP contribution is 2.31. The van der Waals surface area contributed by atoms with E-state index in [2.05, 4.69) is 10.6 Å². The Hall–Kier alpha value is -2.01. The summed E-state index contributed by atoms with van der Waals surface area (Å²) in [5.41, 5.74) is 0.747. The number of ether oxygens (including phenoxy) is 1. The lowest BCUT2D eigenvalue weighted by molar-refractivity contribution is -0.124. The Morgan fingerprint density at radius 3 is 3.10 bits per heavy atom. The minimum absolute atomic E-state index is 0.0315. The van der Waals surface area contributed by atoms with Crippen molar-refractivity contribution < 1.29 is 13.9 Å². The molecule has 3 rings (SSSR count). The van der Waals surface area contributed by atoms with Gasteiger partial charge in [0.05, 0.1) is 19.2 Å². The fourth-order valence-electron chi connectivity index (χ4n) is 2.75. The number of hydrogen-bond donors (Lipinski definition) is 2. The number of furan rings is 1. The molecule has 0 aliphatic carbocycles. The zero-order valence-electron chi connectivity index (χ0n) is 12.3. The van der Waals surface area contributed by atoms with E-state index in [4.69, 9.17) is 9.15 Å². The molecule has 1 fully saturated rings. The second-order valence-corrected chi connectivity index (χ2v) is 5.40. The number of carbonyl (C=O) groups is 1. The fraction of sp³-hybridized carbons (Fsp3) is 0.438. The third kappa shape index (κ3) is 2.74. The Bertz CT molecular complexity index is 650. The third-order valence-electron chi connectivity index (χ3n) is 3.91. The molecule has 2 N–H and O–H groups in total. The molecule has 1 amide bonds. The number of methoxy groups -OCH3 is 1. The van der Waals surface area contributed by atoms with Gasteiger partial charge < -0.3 is 14.5 Å². The van der Waals surface area contributed by atoms with Crippen LogP contribution >= 0.6 is 0 Å². The van der Waals surface area contributed by atoms with Crippen molar-refractivity contribution in [3.63, 3.8) is 0 Å². The number of hydrogen-bond acceptors (Lipinski definition) is 4. The van der Waals surface area contributed by atoms with E-state index in [9.17, 15) is 4.79 Å². The minimum Gasteiger partial charge on any atom is -0.493 e. The molecular formula is C16H20N2O3. The van der Waals surface area contributed by atoms with Gasteiger partial charge in [-0.25, -0.2) is 0 Å². The molecule has 1 aliphatic rings. The summed E-state index contributed by atoms with van der Waals surface area (Å²) in [4.78, 5) is 11.8. The molecule has 1 aliphatic heterocycles. The van der Waals surface area contributed by atoms with Crippen molar-refractivity contribution in [2.75, 3.05) is 13.7 Å². The predicted octanol–water partition coefficient (Wildman–Crippen LogP) is 2.37. The molecule has 2 aromatic rings. The molecule has 2 atom stereocenters. The molecule has 2 heterocycles. The zero-order valence-corrected chi connectivity index (χ0v) is 12.3. The summed E-state index contributed by atoms with van der Waals surface area (Å²) in [6.45, 7) is 2.78. The fourth-order valence-corrected chi connectivity index (χ4v) is 2.75. The van der Waals surface area contributed by atoms with Crippen molar-refractivity contribution in [1.29, 1.82) is 0 Å². The first-order valence-electron chi connectivity index (χ1n) is 7.29. The maximum atomic E-state index is 11.8. The maximum absolute atomic E-state index is 11.8. The highest BCUT2D eigenvalue weighted by Gasteiger charge is 2.25. The molecule has 5 heteroatoms. The van der Waals surface area contributed by atoms with Gasteiger partial charge in [-0.05, 0) is 31.9 Å². The monoisotopic (exact) mass is 288 g/mol. The standard InChI is InChI=1S/C16H20N2O3/c1-10(18-12-6-4-8-17-16(12)19)14-9-11-5-3-7-13(20-2)15(11)21-14/h3,5,7,9-10,12,18H,4,6,8H2,1-2H3,(H,17,19). The van der Waals surface area contributed by atoms with Crippen LogP contribution in [0.3, 0.4) is 0 Å². The van der Waals surface area contributed by atoms with Crippen molar-refractivity contribution in [3.05, 3.63) is 30.0 Å². The SMILES string of the molecule is COc1cccc2cc(C(C)NC3CCCNC3=O)oc12. The smallest absolute Gasteiger partial charge is 0.237 e. The average molecular weight is 288 g/mol. The summed E-state index contributed by atoms with van der Waals surface area (Å²) in [7, 11) is 1.63. The van der Waals surface area contributed by atoms with E-state index in [1.54, 1.807) is 7.11 Å². The summed E-state index contributed by atoms with van der Waals surface area (Å²) in [6, 6.07) is 7.62. The number of amides is 1. The Balaban J connectivity index is 1.81. The zero-order chi connectivity index (χ0) is 14.8. The largest absolute Gasteiger partial charge is 0.493 e. The van der Waals surface area contributed by atoms with E-state index in [0.717, 1.165) is 41.9 Å². The highest BCUT2D eigenvalue weighted by molar-refractivity contribution is 5.84. The first-order chi connectivity index (χ1) is 10.2. The molecule has 1 saturated heterocycles. The Kier molecular flexibility index (Phi) is 3.84. The number of piperidine rings is 1. The summed E-state index contributed by atoms with van der Waals surface area (Å²) in [6.07, 6.45) is 1.86. The second-order valence-electron chi connectivity index (χ2n) is 5.40. The van der Waals surface area contributed by atoms with Crippen LogP contribution in [0.25, 0.3) is 11.0 Å². The summed E-state index contributed by atoms with van der Waals surface area (Å²) in [5.74, 6) is 1.61. The molecule has 112 valence electrons. The predicted molar refractivity (Wildman–Crippen MR) is 80.3 cm³/mol. The average Bonchev–Trinajstić information content (AvgIpc) is 2.93. The van der Waals surface area contributed by atoms with Crippen molar-refractivity contribution in [2.45, 2.75) is 31.8 Å². The topological polar surface area (TPSA) is 63.5 Å². The number of rotatable bonds is 4. The van der Waals surface area contributed by atoms with Crippen LogP contribution in [0.1, 0.15) is 31.6 Å². The molecule has 2 unspecified atom stereocenters. The van der Waals surface area contributed by atoms with Crippen LogP contribution in [0.5, 0.6) is 5.75 Å². The van der Waals surface area contributed by atoms with Gasteiger partial charge in [0.1, 0.15) is 5.76 Å². The number of fused-ring (bicyclic) bond motifs is 1. The van der Waals surface area contributed by atoms with E-state index in [1.807, 2.05) is 31.2 Å². The Morgan fingerprint density at radius 2 is 2.33 bits per heavy atom. The van der Waals surface area contributed by atoms with Crippen LogP contribution in [0.4, 0.5) is 0 Å². The van der Waals surface area contributed by atoms with Crippen molar-refractivity contribution in [2.24, 2.45) is 0 Å². The van der Waals surface area contributed by atoms with Crippen LogP contribution < -0.4 is 15.4 Å². The van der Waals surface area contributed by atoms with Gasteiger partial charge in [-0.1, -0.05) is 12.1 Å². The van der Waals surface area contributed by atoms with E-state index >= 15 is 0 Å². The first-order valence-corrected chi connectivity index (χ1v) is 7.29. The maximum Gasteiger partial charge on any atom is 0.237 e. The highest BCUT2D eigenvalue weighted by atomic mass is 16.5. The molecule has 1 aromatic heterocycles. The summed E-state index contributed by atoms with van der Waals surface area (Å²) < 4.78 is 11.2. The van der Waals surface area contributed by atoms with Gasteiger partial charge in [0, 0.05) is 11.9 Å². The van der Waals surface area contributed by atoms with Crippen molar-refractivity contribution in [3.8, 4) is 5.75 Å². The van der Waals surface area contributed by atoms with Gasteiger partial charge in [-0.15, -0.1) is 0 Å². The van der Waals surface area contributed by atoms with Crippen molar-refractivity contribution >= 4 is 16.9 Å². The Labute approximate surface area is 123 Å². The normalized spacial score (nSPS) is 20.3. The second kappa shape index (κ2) is 5.77. The number of benzene rings is 1. The minimum atomic E-state index is -0.149. The lowest BCUT2D eigenvalue weighted by atomic mass is 10.1. The van der Waals surface area contributed by atoms with Crippen LogP contribution in [-0.4, -0.2) is 25.6 Å². The summed E-state index contributed by atoms with van der Waals surface area (Å²) >= 11 is 0. The van der Waals surface area contributed by atoms with Crippen LogP contribution in [-0.2, 0) is 4.79 Å². The summed E-state index contributed by atoms with van der Waals surface area (Å²) in [5, 5.41) is 7.22. The molecule has 5 nitrogen and oxygen atoms in total. The van der Waals surface area contributed by atoms with Crippen molar-refractivity contribution in [1.82, 2.24) is 10.6 Å². The molecular weight excluding hydrogens is 268 g/mol. The lowest BCUT2D eigenvalue weighted by Gasteiger charge is -2.25. The molecule has 21 heavy (non-hydrogen) atoms. The van der Waals surface area contributed by atoms with Gasteiger partial charge in [-0.2, -0.15) is 0 Å². The third-order valence-corrected chi connectivity index (χ3v) is 3.91. The number of para-hydroxylation sites is 1. The van der Waals surface area contributed by atoms with Gasteiger partial charge in [0.15, 0.2) is 11.3 Å². The molecule has 0 bridgehead atoms. The lowest BCUT2D eigenvalue weighted by Crippen LogP contribution is -2.48. The molecule has 0 spiro atoms. The van der Waals surface area contributed by atoms with E-state index < -0.39 is 0 Å². The van der Waals surface area contributed by atoms with E-state index in [0.29, 0.717) is 0 Å². The van der Waals surface area contributed by atoms with Gasteiger partial charge in [0.2, 0.25) is 5.91 Å². The first kappa shape index (κ1) is 13.9.